The van der Waals surface area contributed by atoms with E-state index in [1.807, 2.05) is 13.8 Å². The van der Waals surface area contributed by atoms with E-state index in [2.05, 4.69) is 6.58 Å². The number of benzene rings is 1. The third kappa shape index (κ3) is 4.17. The zero-order chi connectivity index (χ0) is 18.6. The minimum absolute atomic E-state index is 0.310. The van der Waals surface area contributed by atoms with Crippen molar-refractivity contribution in [1.29, 1.82) is 0 Å². The van der Waals surface area contributed by atoms with Crippen LogP contribution in [0.5, 0.6) is 0 Å². The van der Waals surface area contributed by atoms with Crippen LogP contribution in [-0.2, 0) is 14.3 Å². The first-order valence-corrected chi connectivity index (χ1v) is 8.04. The third-order valence-electron chi connectivity index (χ3n) is 3.78. The van der Waals surface area contributed by atoms with Crippen molar-refractivity contribution in [1.82, 2.24) is 9.47 Å². The lowest BCUT2D eigenvalue weighted by molar-refractivity contribution is -0.154. The average molecular weight is 346 g/mol. The van der Waals surface area contributed by atoms with Crippen LogP contribution in [0.1, 0.15) is 26.8 Å². The van der Waals surface area contributed by atoms with Gasteiger partial charge in [0.15, 0.2) is 12.2 Å². The summed E-state index contributed by atoms with van der Waals surface area (Å²) in [6.45, 7) is 9.48. The highest BCUT2D eigenvalue weighted by atomic mass is 16.5. The van der Waals surface area contributed by atoms with Gasteiger partial charge in [0.1, 0.15) is 6.04 Å². The Hall–Kier alpha value is -2.83. The van der Waals surface area contributed by atoms with E-state index in [0.717, 1.165) is 5.57 Å². The molecular weight excluding hydrogens is 324 g/mol. The summed E-state index contributed by atoms with van der Waals surface area (Å²) in [5.74, 6) is -1.63. The van der Waals surface area contributed by atoms with Crippen LogP contribution in [0.25, 0.3) is 11.1 Å². The van der Waals surface area contributed by atoms with Gasteiger partial charge in [0.2, 0.25) is 0 Å². The van der Waals surface area contributed by atoms with Gasteiger partial charge in [0.25, 0.3) is 5.91 Å². The number of aromatic nitrogens is 1. The fraction of sp³-hybridized carbons (Fsp3) is 0.389. The van der Waals surface area contributed by atoms with E-state index in [0.29, 0.717) is 24.2 Å². The maximum Gasteiger partial charge on any atom is 0.420 e. The first-order chi connectivity index (χ1) is 11.8. The normalized spacial score (nSPS) is 12.0. The van der Waals surface area contributed by atoms with Crippen LogP contribution in [0, 0.1) is 0 Å². The number of amides is 1. The Balaban J connectivity index is 2.07. The van der Waals surface area contributed by atoms with Gasteiger partial charge in [-0.15, -0.1) is 0 Å². The standard InChI is InChI=1S/C18H22N2O5/c1-5-19(10-12(2)3)16(21)11-24-17(22)13(4)20-14-8-6-7-9-15(14)25-18(20)23/h6-9,13H,2,5,10-11H2,1,3-4H3. The number of esters is 1. The highest BCUT2D eigenvalue weighted by Crippen LogP contribution is 2.17. The van der Waals surface area contributed by atoms with Crippen LogP contribution in [0.4, 0.5) is 0 Å². The van der Waals surface area contributed by atoms with Crippen LogP contribution in [0.2, 0.25) is 0 Å². The Bertz CT molecular complexity index is 849. The van der Waals surface area contributed by atoms with E-state index >= 15 is 0 Å². The smallest absolute Gasteiger partial charge is 0.420 e. The fourth-order valence-electron chi connectivity index (χ4n) is 2.50. The summed E-state index contributed by atoms with van der Waals surface area (Å²) in [6, 6.07) is 5.90. The van der Waals surface area contributed by atoms with Crippen molar-refractivity contribution in [3.63, 3.8) is 0 Å². The SMILES string of the molecule is C=C(C)CN(CC)C(=O)COC(=O)C(C)n1c(=O)oc2ccccc21. The monoisotopic (exact) mass is 346 g/mol. The molecule has 0 radical (unpaired) electrons. The molecule has 7 heteroatoms. The van der Waals surface area contributed by atoms with Gasteiger partial charge in [-0.2, -0.15) is 0 Å². The largest absolute Gasteiger partial charge is 0.454 e. The maximum absolute atomic E-state index is 12.3. The van der Waals surface area contributed by atoms with Gasteiger partial charge in [0.05, 0.1) is 5.52 Å². The summed E-state index contributed by atoms with van der Waals surface area (Å²) >= 11 is 0. The predicted octanol–water partition coefficient (Wildman–Crippen LogP) is 2.12. The molecule has 25 heavy (non-hydrogen) atoms. The summed E-state index contributed by atoms with van der Waals surface area (Å²) in [5, 5.41) is 0. The Morgan fingerprint density at radius 1 is 1.36 bits per heavy atom. The van der Waals surface area contributed by atoms with Crippen molar-refractivity contribution in [2.24, 2.45) is 0 Å². The molecule has 0 N–H and O–H groups in total. The molecule has 0 fully saturated rings. The van der Waals surface area contributed by atoms with E-state index in [1.54, 1.807) is 29.2 Å². The molecule has 0 bridgehead atoms. The molecule has 0 spiro atoms. The zero-order valence-corrected chi connectivity index (χ0v) is 14.7. The second-order valence-electron chi connectivity index (χ2n) is 5.85. The first-order valence-electron chi connectivity index (χ1n) is 8.04. The van der Waals surface area contributed by atoms with Crippen molar-refractivity contribution >= 4 is 23.0 Å². The van der Waals surface area contributed by atoms with E-state index in [9.17, 15) is 14.4 Å². The number of para-hydroxylation sites is 2. The van der Waals surface area contributed by atoms with Crippen molar-refractivity contribution in [3.05, 3.63) is 47.0 Å². The third-order valence-corrected chi connectivity index (χ3v) is 3.78. The topological polar surface area (TPSA) is 81.8 Å². The van der Waals surface area contributed by atoms with Crippen LogP contribution in [0.15, 0.2) is 45.6 Å². The van der Waals surface area contributed by atoms with Gasteiger partial charge < -0.3 is 14.1 Å². The number of ether oxygens (including phenoxy) is 1. The quantitative estimate of drug-likeness (QED) is 0.566. The Kier molecular flexibility index (Phi) is 5.80. The maximum atomic E-state index is 12.3. The second kappa shape index (κ2) is 7.83. The molecule has 1 amide bonds. The van der Waals surface area contributed by atoms with E-state index in [4.69, 9.17) is 9.15 Å². The lowest BCUT2D eigenvalue weighted by Crippen LogP contribution is -2.36. The van der Waals surface area contributed by atoms with Gasteiger partial charge in [-0.05, 0) is 32.9 Å². The number of hydrogen-bond donors (Lipinski definition) is 0. The molecule has 0 saturated heterocycles. The van der Waals surface area contributed by atoms with Crippen molar-refractivity contribution in [2.75, 3.05) is 19.7 Å². The molecule has 2 aromatic rings. The minimum atomic E-state index is -0.903. The second-order valence-corrected chi connectivity index (χ2v) is 5.85. The Morgan fingerprint density at radius 3 is 2.68 bits per heavy atom. The van der Waals surface area contributed by atoms with Gasteiger partial charge in [-0.25, -0.2) is 9.59 Å². The van der Waals surface area contributed by atoms with E-state index in [1.165, 1.54) is 11.5 Å². The highest BCUT2D eigenvalue weighted by Gasteiger charge is 2.24. The molecule has 1 unspecified atom stereocenters. The van der Waals surface area contributed by atoms with Gasteiger partial charge in [-0.3, -0.25) is 9.36 Å². The van der Waals surface area contributed by atoms with Crippen LogP contribution >= 0.6 is 0 Å². The molecule has 1 aromatic carbocycles. The summed E-state index contributed by atoms with van der Waals surface area (Å²) in [6.07, 6.45) is 0. The molecule has 0 aliphatic heterocycles. The molecule has 0 aliphatic carbocycles. The number of rotatable bonds is 7. The van der Waals surface area contributed by atoms with Gasteiger partial charge >= 0.3 is 11.7 Å². The average Bonchev–Trinajstić information content (AvgIpc) is 2.91. The number of oxazole rings is 1. The van der Waals surface area contributed by atoms with Crippen LogP contribution in [-0.4, -0.2) is 41.0 Å². The summed E-state index contributed by atoms with van der Waals surface area (Å²) in [4.78, 5) is 37.9. The summed E-state index contributed by atoms with van der Waals surface area (Å²) in [5.41, 5.74) is 1.73. The molecular formula is C18H22N2O5. The number of carbonyl (C=O) groups is 2. The van der Waals surface area contributed by atoms with Crippen molar-refractivity contribution < 1.29 is 18.7 Å². The fourth-order valence-corrected chi connectivity index (χ4v) is 2.50. The van der Waals surface area contributed by atoms with Gasteiger partial charge in [0, 0.05) is 13.1 Å². The Labute approximate surface area is 145 Å². The molecule has 7 nitrogen and oxygen atoms in total. The lowest BCUT2D eigenvalue weighted by atomic mass is 10.3. The molecule has 1 atom stereocenters. The van der Waals surface area contributed by atoms with Crippen molar-refractivity contribution in [3.8, 4) is 0 Å². The Morgan fingerprint density at radius 2 is 2.04 bits per heavy atom. The molecule has 1 aromatic heterocycles. The van der Waals surface area contributed by atoms with E-state index < -0.39 is 17.8 Å². The first kappa shape index (κ1) is 18.5. The minimum Gasteiger partial charge on any atom is -0.454 e. The van der Waals surface area contributed by atoms with Gasteiger partial charge in [-0.1, -0.05) is 24.3 Å². The molecule has 0 saturated carbocycles. The summed E-state index contributed by atoms with van der Waals surface area (Å²) < 4.78 is 11.4. The van der Waals surface area contributed by atoms with Crippen LogP contribution in [0.3, 0.4) is 0 Å². The predicted molar refractivity (Wildman–Crippen MR) is 93.2 cm³/mol. The molecule has 2 rings (SSSR count). The number of likely N-dealkylation sites (N-methyl/N-ethyl adjacent to an activating group) is 1. The number of carbonyl (C=O) groups excluding carboxylic acids is 2. The number of nitrogens with zero attached hydrogens (tertiary/aromatic N) is 2. The zero-order valence-electron chi connectivity index (χ0n) is 14.7. The molecule has 134 valence electrons. The number of hydrogen-bond acceptors (Lipinski definition) is 5. The van der Waals surface area contributed by atoms with E-state index in [-0.39, 0.29) is 12.5 Å². The van der Waals surface area contributed by atoms with Crippen LogP contribution < -0.4 is 5.76 Å². The number of fused-ring (bicyclic) bond motifs is 1. The van der Waals surface area contributed by atoms with Crippen molar-refractivity contribution in [2.45, 2.75) is 26.8 Å². The molecule has 1 heterocycles. The lowest BCUT2D eigenvalue weighted by Gasteiger charge is -2.21. The summed E-state index contributed by atoms with van der Waals surface area (Å²) in [7, 11) is 0. The highest BCUT2D eigenvalue weighted by molar-refractivity contribution is 5.83. The molecule has 0 aliphatic rings.